The summed E-state index contributed by atoms with van der Waals surface area (Å²) in [6.07, 6.45) is -3.51. The first kappa shape index (κ1) is 23.0. The highest BCUT2D eigenvalue weighted by Crippen LogP contribution is 2.25. The second-order valence-electron chi connectivity index (χ2n) is 6.66. The van der Waals surface area contributed by atoms with Crippen molar-refractivity contribution in [3.05, 3.63) is 71.9 Å². The number of nitrogens with one attached hydrogen (secondary N) is 2. The summed E-state index contributed by atoms with van der Waals surface area (Å²) in [5, 5.41) is 6.15. The Bertz CT molecular complexity index is 1450. The van der Waals surface area contributed by atoms with Gasteiger partial charge >= 0.3 is 0 Å². The van der Waals surface area contributed by atoms with Crippen LogP contribution in [0.2, 0.25) is 0 Å². The van der Waals surface area contributed by atoms with E-state index in [1.54, 1.807) is 0 Å². The van der Waals surface area contributed by atoms with Crippen molar-refractivity contribution in [3.8, 4) is 0 Å². The number of benzene rings is 1. The predicted molar refractivity (Wildman–Crippen MR) is 110 cm³/mol. The minimum atomic E-state index is -4.00. The lowest BCUT2D eigenvalue weighted by Crippen LogP contribution is -2.15. The number of alkyl halides is 4. The summed E-state index contributed by atoms with van der Waals surface area (Å²) in [4.78, 5) is 23.5. The molecule has 0 spiro atoms. The highest BCUT2D eigenvalue weighted by Gasteiger charge is 2.22. The minimum Gasteiger partial charge on any atom is -0.321 e. The lowest BCUT2D eigenvalue weighted by molar-refractivity contribution is 0.102. The number of anilines is 2. The monoisotopic (exact) mass is 495 g/mol. The number of carbonyl (C=O) groups excluding carboxylic acids is 1. The quantitative estimate of drug-likeness (QED) is 0.376. The smallest absolute Gasteiger partial charge is 0.280 e. The van der Waals surface area contributed by atoms with Gasteiger partial charge in [-0.25, -0.2) is 50.2 Å². The Balaban J connectivity index is 1.54. The fourth-order valence-electron chi connectivity index (χ4n) is 2.84. The zero-order chi connectivity index (χ0) is 24.5. The number of hydrogen-bond donors (Lipinski definition) is 2. The number of rotatable bonds is 7. The van der Waals surface area contributed by atoms with E-state index < -0.39 is 40.2 Å². The van der Waals surface area contributed by atoms with Gasteiger partial charge in [-0.3, -0.25) is 4.79 Å². The lowest BCUT2D eigenvalue weighted by atomic mass is 10.3. The van der Waals surface area contributed by atoms with E-state index in [0.717, 1.165) is 6.07 Å². The number of carbonyl (C=O) groups is 1. The van der Waals surface area contributed by atoms with Crippen LogP contribution in [-0.4, -0.2) is 38.9 Å². The molecule has 34 heavy (non-hydrogen) atoms. The third-order valence-corrected chi connectivity index (χ3v) is 5.71. The lowest BCUT2D eigenvalue weighted by Gasteiger charge is -2.08. The normalized spacial score (nSPS) is 11.8. The molecule has 0 aliphatic carbocycles. The Morgan fingerprint density at radius 1 is 0.971 bits per heavy atom. The summed E-state index contributed by atoms with van der Waals surface area (Å²) in [6.45, 7) is 0. The zero-order valence-corrected chi connectivity index (χ0v) is 17.5. The SMILES string of the molecule is O=C(Nc1ccc(S(=O)(=O)Nc2ncccn2)cc1)c1cc2nc(C(F)F)cc(C(F)F)n2n1. The van der Waals surface area contributed by atoms with E-state index in [-0.39, 0.29) is 27.9 Å². The number of amides is 1. The van der Waals surface area contributed by atoms with Crippen molar-refractivity contribution in [1.82, 2.24) is 24.6 Å². The number of sulfonamides is 1. The number of nitrogens with zero attached hydrogens (tertiary/aromatic N) is 5. The molecule has 15 heteroatoms. The van der Waals surface area contributed by atoms with E-state index in [4.69, 9.17) is 0 Å². The largest absolute Gasteiger partial charge is 0.321 e. The van der Waals surface area contributed by atoms with Crippen LogP contribution in [0.25, 0.3) is 5.65 Å². The molecule has 3 aromatic heterocycles. The highest BCUT2D eigenvalue weighted by molar-refractivity contribution is 7.92. The first-order valence-corrected chi connectivity index (χ1v) is 10.8. The first-order valence-electron chi connectivity index (χ1n) is 9.32. The van der Waals surface area contributed by atoms with Crippen molar-refractivity contribution in [2.24, 2.45) is 0 Å². The average Bonchev–Trinajstić information content (AvgIpc) is 3.23. The average molecular weight is 495 g/mol. The summed E-state index contributed by atoms with van der Waals surface area (Å²) in [5.41, 5.74) is -2.27. The van der Waals surface area contributed by atoms with Gasteiger partial charge in [-0.2, -0.15) is 5.10 Å². The number of hydrogen-bond acceptors (Lipinski definition) is 7. The van der Waals surface area contributed by atoms with Gasteiger partial charge in [0.25, 0.3) is 28.8 Å². The van der Waals surface area contributed by atoms with Crippen molar-refractivity contribution < 1.29 is 30.8 Å². The molecule has 1 aromatic carbocycles. The third kappa shape index (κ3) is 4.78. The van der Waals surface area contributed by atoms with Crippen LogP contribution >= 0.6 is 0 Å². The Kier molecular flexibility index (Phi) is 6.10. The van der Waals surface area contributed by atoms with Gasteiger partial charge < -0.3 is 5.32 Å². The van der Waals surface area contributed by atoms with Gasteiger partial charge in [-0.05, 0) is 36.4 Å². The summed E-state index contributed by atoms with van der Waals surface area (Å²) in [6, 6.07) is 7.99. The van der Waals surface area contributed by atoms with Crippen molar-refractivity contribution in [3.63, 3.8) is 0 Å². The van der Waals surface area contributed by atoms with Crippen LogP contribution in [0, 0.1) is 0 Å². The maximum Gasteiger partial charge on any atom is 0.280 e. The van der Waals surface area contributed by atoms with E-state index in [9.17, 15) is 30.8 Å². The standard InChI is InChI=1S/C19H13F4N7O3S/c20-16(21)12-8-14(17(22)23)30-15(27-12)9-13(28-30)18(31)26-10-2-4-11(5-3-10)34(32,33)29-19-24-6-1-7-25-19/h1-9,16-17H,(H,26,31)(H,24,25,29). The van der Waals surface area contributed by atoms with Crippen molar-refractivity contribution >= 4 is 33.2 Å². The molecule has 3 heterocycles. The van der Waals surface area contributed by atoms with Crippen LogP contribution in [-0.2, 0) is 10.0 Å². The maximum atomic E-state index is 13.3. The molecule has 10 nitrogen and oxygen atoms in total. The summed E-state index contributed by atoms with van der Waals surface area (Å²) < 4.78 is 80.1. The van der Waals surface area contributed by atoms with Crippen LogP contribution in [0.15, 0.2) is 59.8 Å². The van der Waals surface area contributed by atoms with E-state index in [1.165, 1.54) is 42.7 Å². The fourth-order valence-corrected chi connectivity index (χ4v) is 3.80. The van der Waals surface area contributed by atoms with Gasteiger partial charge in [-0.15, -0.1) is 0 Å². The zero-order valence-electron chi connectivity index (χ0n) is 16.7. The first-order chi connectivity index (χ1) is 16.1. The van der Waals surface area contributed by atoms with Crippen LogP contribution < -0.4 is 10.0 Å². The Hall–Kier alpha value is -4.14. The molecule has 0 fully saturated rings. The molecule has 2 N–H and O–H groups in total. The predicted octanol–water partition coefficient (Wildman–Crippen LogP) is 3.45. The number of aromatic nitrogens is 5. The molecule has 4 aromatic rings. The summed E-state index contributed by atoms with van der Waals surface area (Å²) in [5.74, 6) is -0.978. The van der Waals surface area contributed by atoms with Gasteiger partial charge in [-0.1, -0.05) is 0 Å². The van der Waals surface area contributed by atoms with Crippen LogP contribution in [0.5, 0.6) is 0 Å². The van der Waals surface area contributed by atoms with Gasteiger partial charge in [0.15, 0.2) is 11.3 Å². The molecular weight excluding hydrogens is 482 g/mol. The molecule has 0 bridgehead atoms. The molecule has 0 saturated heterocycles. The molecule has 0 unspecified atom stereocenters. The molecule has 0 saturated carbocycles. The minimum absolute atomic E-state index is 0.126. The highest BCUT2D eigenvalue weighted by atomic mass is 32.2. The van der Waals surface area contributed by atoms with Crippen molar-refractivity contribution in [2.75, 3.05) is 10.0 Å². The molecule has 0 radical (unpaired) electrons. The van der Waals surface area contributed by atoms with Crippen LogP contribution in [0.4, 0.5) is 29.2 Å². The van der Waals surface area contributed by atoms with Crippen molar-refractivity contribution in [1.29, 1.82) is 0 Å². The molecule has 0 aliphatic heterocycles. The van der Waals surface area contributed by atoms with E-state index >= 15 is 0 Å². The second-order valence-corrected chi connectivity index (χ2v) is 8.35. The Labute approximate surface area is 188 Å². The molecule has 0 aliphatic rings. The Morgan fingerprint density at radius 3 is 2.26 bits per heavy atom. The van der Waals surface area contributed by atoms with Crippen LogP contribution in [0.1, 0.15) is 34.7 Å². The summed E-state index contributed by atoms with van der Waals surface area (Å²) in [7, 11) is -4.00. The van der Waals surface area contributed by atoms with Gasteiger partial charge in [0.1, 0.15) is 11.4 Å². The molecule has 176 valence electrons. The topological polar surface area (TPSA) is 131 Å². The van der Waals surface area contributed by atoms with E-state index in [2.05, 4.69) is 30.1 Å². The van der Waals surface area contributed by atoms with E-state index in [0.29, 0.717) is 10.6 Å². The number of fused-ring (bicyclic) bond motifs is 1. The Morgan fingerprint density at radius 2 is 1.65 bits per heavy atom. The summed E-state index contributed by atoms with van der Waals surface area (Å²) >= 11 is 0. The molecule has 0 atom stereocenters. The van der Waals surface area contributed by atoms with Crippen molar-refractivity contribution in [2.45, 2.75) is 17.7 Å². The van der Waals surface area contributed by atoms with Gasteiger partial charge in [0, 0.05) is 24.1 Å². The third-order valence-electron chi connectivity index (χ3n) is 4.37. The molecule has 4 rings (SSSR count). The maximum absolute atomic E-state index is 13.3. The molecular formula is C19H13F4N7O3S. The van der Waals surface area contributed by atoms with Gasteiger partial charge in [0.2, 0.25) is 5.95 Å². The fraction of sp³-hybridized carbons (Fsp3) is 0.105. The van der Waals surface area contributed by atoms with Crippen LogP contribution in [0.3, 0.4) is 0 Å². The van der Waals surface area contributed by atoms with Gasteiger partial charge in [0.05, 0.1) is 4.90 Å². The molecule has 1 amide bonds. The second kappa shape index (κ2) is 9.01. The number of halogens is 4. The van der Waals surface area contributed by atoms with E-state index in [1.807, 2.05) is 0 Å².